The van der Waals surface area contributed by atoms with Crippen molar-refractivity contribution in [1.82, 2.24) is 19.6 Å². The highest BCUT2D eigenvalue weighted by Crippen LogP contribution is 2.42. The summed E-state index contributed by atoms with van der Waals surface area (Å²) in [7, 11) is 8.33. The zero-order chi connectivity index (χ0) is 45.1. The number of esters is 4. The summed E-state index contributed by atoms with van der Waals surface area (Å²) in [6, 6.07) is 0.170. The maximum atomic E-state index is 14.8. The van der Waals surface area contributed by atoms with Crippen molar-refractivity contribution in [3.05, 3.63) is 0 Å². The van der Waals surface area contributed by atoms with Gasteiger partial charge in [0.1, 0.15) is 24.4 Å². The van der Waals surface area contributed by atoms with Gasteiger partial charge in [-0.25, -0.2) is 0 Å². The molecular formula is C47H84N4O8. The van der Waals surface area contributed by atoms with Crippen LogP contribution in [0.5, 0.6) is 0 Å². The molecule has 4 aliphatic heterocycles. The highest BCUT2D eigenvalue weighted by atomic mass is 16.6. The molecule has 59 heavy (non-hydrogen) atoms. The zero-order valence-corrected chi connectivity index (χ0v) is 40.7. The van der Waals surface area contributed by atoms with E-state index in [1.165, 1.54) is 0 Å². The molecule has 0 aromatic carbocycles. The Labute approximate surface area is 358 Å². The molecule has 12 heteroatoms. The quantitative estimate of drug-likeness (QED) is 0.153. The Morgan fingerprint density at radius 3 is 0.983 bits per heavy atom. The minimum Gasteiger partial charge on any atom is -0.462 e. The van der Waals surface area contributed by atoms with Gasteiger partial charge >= 0.3 is 23.9 Å². The SMILES string of the molecule is CC1CC(OC(=O)CC(C(=O)OC2CC(C)(C)N(C)C(C)(C)C2)C(CC(=O)OC2CC(C)(C)N(C)C(C)(C)C2)C(=O)OC2CC(C)(C)N(C)C(C)(C)C2)CC(C)(C)N1C. The van der Waals surface area contributed by atoms with Crippen molar-refractivity contribution in [2.45, 2.75) is 237 Å². The van der Waals surface area contributed by atoms with Gasteiger partial charge in [-0.15, -0.1) is 0 Å². The number of carbonyl (C=O) groups excluding carboxylic acids is 4. The minimum atomic E-state index is -1.33. The Kier molecular flexibility index (Phi) is 14.3. The molecule has 0 saturated carbocycles. The number of piperidine rings is 4. The van der Waals surface area contributed by atoms with E-state index in [1.54, 1.807) is 0 Å². The van der Waals surface area contributed by atoms with E-state index < -0.39 is 66.9 Å². The number of rotatable bonds is 11. The molecule has 4 saturated heterocycles. The average molecular weight is 833 g/mol. The van der Waals surface area contributed by atoms with Crippen molar-refractivity contribution in [1.29, 1.82) is 0 Å². The van der Waals surface area contributed by atoms with E-state index in [1.807, 2.05) is 0 Å². The first kappa shape index (κ1) is 49.4. The Hall–Kier alpha value is -2.28. The van der Waals surface area contributed by atoms with Gasteiger partial charge in [-0.1, -0.05) is 0 Å². The summed E-state index contributed by atoms with van der Waals surface area (Å²) < 4.78 is 25.1. The van der Waals surface area contributed by atoms with E-state index in [2.05, 4.69) is 152 Å². The maximum Gasteiger partial charge on any atom is 0.310 e. The number of nitrogens with zero attached hydrogens (tertiary/aromatic N) is 4. The van der Waals surface area contributed by atoms with Gasteiger partial charge in [-0.2, -0.15) is 0 Å². The standard InChI is InChI=1S/C47H84N4O8/c1-30-20-31(23-41(2,3)48(30)16)56-37(52)21-35(39(54)58-33-26-44(8,9)50(18)45(10,11)27-33)36(40(55)59-34-28-46(12,13)51(19)47(14,15)29-34)22-38(53)57-32-24-42(4,5)49(17)43(6,7)25-32/h30-36H,20-29H2,1-19H3. The molecule has 0 radical (unpaired) electrons. The molecule has 0 amide bonds. The molecule has 0 N–H and O–H groups in total. The molecule has 4 unspecified atom stereocenters. The third-order valence-electron chi connectivity index (χ3n) is 15.8. The van der Waals surface area contributed by atoms with Gasteiger partial charge in [-0.3, -0.25) is 38.8 Å². The predicted octanol–water partition coefficient (Wildman–Crippen LogP) is 7.39. The van der Waals surface area contributed by atoms with Gasteiger partial charge in [0.2, 0.25) is 0 Å². The van der Waals surface area contributed by atoms with Crippen LogP contribution in [-0.4, -0.2) is 141 Å². The molecule has 4 aliphatic rings. The summed E-state index contributed by atoms with van der Waals surface area (Å²) in [6.07, 6.45) is 2.18. The summed E-state index contributed by atoms with van der Waals surface area (Å²) in [6.45, 7) is 31.9. The van der Waals surface area contributed by atoms with Crippen LogP contribution in [0.25, 0.3) is 0 Å². The largest absolute Gasteiger partial charge is 0.462 e. The molecular weight excluding hydrogens is 749 g/mol. The number of carbonyl (C=O) groups is 4. The molecule has 0 aromatic heterocycles. The van der Waals surface area contributed by atoms with Gasteiger partial charge in [0, 0.05) is 89.8 Å². The average Bonchev–Trinajstić information content (AvgIpc) is 3.04. The molecule has 4 rings (SSSR count). The molecule has 340 valence electrons. The van der Waals surface area contributed by atoms with E-state index in [0.29, 0.717) is 51.4 Å². The number of hydrogen-bond acceptors (Lipinski definition) is 12. The van der Waals surface area contributed by atoms with Crippen molar-refractivity contribution >= 4 is 23.9 Å². The predicted molar refractivity (Wildman–Crippen MR) is 232 cm³/mol. The first-order valence-electron chi connectivity index (χ1n) is 22.3. The lowest BCUT2D eigenvalue weighted by molar-refractivity contribution is -0.182. The maximum absolute atomic E-state index is 14.8. The molecule has 0 bridgehead atoms. The Bertz CT molecular complexity index is 1500. The molecule has 0 aromatic rings. The molecule has 0 spiro atoms. The first-order chi connectivity index (χ1) is 26.6. The fourth-order valence-corrected chi connectivity index (χ4v) is 11.2. The fourth-order valence-electron chi connectivity index (χ4n) is 11.2. The highest BCUT2D eigenvalue weighted by Gasteiger charge is 2.50. The van der Waals surface area contributed by atoms with E-state index >= 15 is 0 Å². The van der Waals surface area contributed by atoms with E-state index in [-0.39, 0.29) is 50.9 Å². The van der Waals surface area contributed by atoms with Crippen LogP contribution in [0, 0.1) is 11.8 Å². The van der Waals surface area contributed by atoms with Crippen molar-refractivity contribution in [2.24, 2.45) is 11.8 Å². The summed E-state index contributed by atoms with van der Waals surface area (Å²) in [5.41, 5.74) is -1.85. The van der Waals surface area contributed by atoms with Gasteiger partial charge in [0.15, 0.2) is 0 Å². The van der Waals surface area contributed by atoms with Crippen LogP contribution in [-0.2, 0) is 38.1 Å². The van der Waals surface area contributed by atoms with Crippen molar-refractivity contribution in [3.63, 3.8) is 0 Å². The van der Waals surface area contributed by atoms with Gasteiger partial charge in [0.25, 0.3) is 0 Å². The van der Waals surface area contributed by atoms with Crippen LogP contribution in [0.1, 0.15) is 168 Å². The summed E-state index contributed by atoms with van der Waals surface area (Å²) in [5.74, 6) is -5.25. The highest BCUT2D eigenvalue weighted by molar-refractivity contribution is 5.88. The summed E-state index contributed by atoms with van der Waals surface area (Å²) in [5, 5.41) is 0. The molecule has 0 aliphatic carbocycles. The second-order valence-corrected chi connectivity index (χ2v) is 23.5. The number of hydrogen-bond donors (Lipinski definition) is 0. The van der Waals surface area contributed by atoms with Crippen LogP contribution >= 0.6 is 0 Å². The molecule has 4 fully saturated rings. The Morgan fingerprint density at radius 2 is 0.695 bits per heavy atom. The lowest BCUT2D eigenvalue weighted by Crippen LogP contribution is -2.61. The van der Waals surface area contributed by atoms with Crippen LogP contribution in [0.4, 0.5) is 0 Å². The van der Waals surface area contributed by atoms with E-state index in [4.69, 9.17) is 18.9 Å². The van der Waals surface area contributed by atoms with Crippen LogP contribution in [0.3, 0.4) is 0 Å². The number of likely N-dealkylation sites (tertiary alicyclic amines) is 4. The molecule has 12 nitrogen and oxygen atoms in total. The van der Waals surface area contributed by atoms with Crippen LogP contribution in [0.2, 0.25) is 0 Å². The monoisotopic (exact) mass is 833 g/mol. The topological polar surface area (TPSA) is 118 Å². The lowest BCUT2D eigenvalue weighted by atomic mass is 9.78. The minimum absolute atomic E-state index is 0.170. The van der Waals surface area contributed by atoms with Gasteiger partial charge < -0.3 is 18.9 Å². The van der Waals surface area contributed by atoms with Crippen molar-refractivity contribution in [3.8, 4) is 0 Å². The number of ether oxygens (including phenoxy) is 4. The molecule has 4 heterocycles. The Morgan fingerprint density at radius 1 is 0.441 bits per heavy atom. The third kappa shape index (κ3) is 11.4. The lowest BCUT2D eigenvalue weighted by Gasteiger charge is -2.53. The second-order valence-electron chi connectivity index (χ2n) is 23.5. The zero-order valence-electron chi connectivity index (χ0n) is 40.7. The van der Waals surface area contributed by atoms with Crippen LogP contribution < -0.4 is 0 Å². The summed E-state index contributed by atoms with van der Waals surface area (Å²) >= 11 is 0. The molecule has 4 atom stereocenters. The van der Waals surface area contributed by atoms with E-state index in [0.717, 1.165) is 0 Å². The van der Waals surface area contributed by atoms with Crippen molar-refractivity contribution in [2.75, 3.05) is 28.2 Å². The van der Waals surface area contributed by atoms with Gasteiger partial charge in [0.05, 0.1) is 24.7 Å². The fraction of sp³-hybridized carbons (Fsp3) is 0.915. The first-order valence-corrected chi connectivity index (χ1v) is 22.3. The normalized spacial score (nSPS) is 29.8. The van der Waals surface area contributed by atoms with Gasteiger partial charge in [-0.05, 0) is 138 Å². The second kappa shape index (κ2) is 17.1. The van der Waals surface area contributed by atoms with E-state index in [9.17, 15) is 19.2 Å². The van der Waals surface area contributed by atoms with Crippen molar-refractivity contribution < 1.29 is 38.1 Å². The third-order valence-corrected chi connectivity index (χ3v) is 15.8. The Balaban J connectivity index is 1.71. The summed E-state index contributed by atoms with van der Waals surface area (Å²) in [4.78, 5) is 67.1. The smallest absolute Gasteiger partial charge is 0.310 e. The van der Waals surface area contributed by atoms with Crippen LogP contribution in [0.15, 0.2) is 0 Å².